The van der Waals surface area contributed by atoms with Crippen LogP contribution in [0.2, 0.25) is 0 Å². The van der Waals surface area contributed by atoms with Crippen molar-refractivity contribution >= 4 is 0 Å². The molecule has 0 unspecified atom stereocenters. The maximum Gasteiger partial charge on any atom is 0.188 e. The summed E-state index contributed by atoms with van der Waals surface area (Å²) in [5.74, 6) is 0.185. The average molecular weight is 153 g/mol. The van der Waals surface area contributed by atoms with Crippen LogP contribution in [0.1, 0.15) is 13.3 Å². The molecule has 0 spiro atoms. The molecular formula is C8H11NO2. The van der Waals surface area contributed by atoms with Gasteiger partial charge in [0.05, 0.1) is 0 Å². The van der Waals surface area contributed by atoms with Gasteiger partial charge in [-0.1, -0.05) is 6.92 Å². The van der Waals surface area contributed by atoms with Crippen molar-refractivity contribution in [3.8, 4) is 0 Å². The maximum atomic E-state index is 9.09. The van der Waals surface area contributed by atoms with E-state index in [0.29, 0.717) is 0 Å². The third-order valence-corrected chi connectivity index (χ3v) is 1.43. The van der Waals surface area contributed by atoms with Crippen molar-refractivity contribution in [2.75, 3.05) is 0 Å². The van der Waals surface area contributed by atoms with Gasteiger partial charge in [0.1, 0.15) is 5.76 Å². The Morgan fingerprint density at radius 3 is 2.73 bits per heavy atom. The summed E-state index contributed by atoms with van der Waals surface area (Å²) in [5, 5.41) is 20.7. The Labute approximate surface area is 65.4 Å². The lowest BCUT2D eigenvalue weighted by Gasteiger charge is -1.95. The molecule has 0 saturated heterocycles. The number of aliphatic hydroxyl groups excluding tert-OH is 2. The van der Waals surface area contributed by atoms with Gasteiger partial charge in [-0.2, -0.15) is 0 Å². The molecule has 1 aliphatic rings. The second-order valence-corrected chi connectivity index (χ2v) is 2.32. The van der Waals surface area contributed by atoms with E-state index in [-0.39, 0.29) is 11.6 Å². The lowest BCUT2D eigenvalue weighted by Crippen LogP contribution is -2.03. The Hall–Kier alpha value is -1.38. The van der Waals surface area contributed by atoms with Crippen molar-refractivity contribution in [3.05, 3.63) is 35.6 Å². The van der Waals surface area contributed by atoms with Gasteiger partial charge in [0, 0.05) is 12.3 Å². The molecule has 0 saturated carbocycles. The van der Waals surface area contributed by atoms with Gasteiger partial charge in [0.25, 0.3) is 0 Å². The number of hydrogen-bond donors (Lipinski definition) is 3. The topological polar surface area (TPSA) is 52.5 Å². The highest BCUT2D eigenvalue weighted by molar-refractivity contribution is 5.30. The Balaban J connectivity index is 2.89. The molecule has 0 atom stereocenters. The van der Waals surface area contributed by atoms with Crippen molar-refractivity contribution < 1.29 is 10.2 Å². The van der Waals surface area contributed by atoms with Crippen LogP contribution in [0.15, 0.2) is 35.6 Å². The van der Waals surface area contributed by atoms with Crippen molar-refractivity contribution in [1.82, 2.24) is 5.32 Å². The van der Waals surface area contributed by atoms with Gasteiger partial charge >= 0.3 is 0 Å². The molecule has 60 valence electrons. The second-order valence-electron chi connectivity index (χ2n) is 2.32. The van der Waals surface area contributed by atoms with Gasteiger partial charge in [-0.3, -0.25) is 0 Å². The molecule has 3 nitrogen and oxygen atoms in total. The Morgan fingerprint density at radius 1 is 1.36 bits per heavy atom. The number of allylic oxidation sites excluding steroid dienone is 3. The van der Waals surface area contributed by atoms with Crippen molar-refractivity contribution in [2.24, 2.45) is 0 Å². The molecule has 0 amide bonds. The highest BCUT2D eigenvalue weighted by Gasteiger charge is 1.99. The van der Waals surface area contributed by atoms with Gasteiger partial charge < -0.3 is 15.5 Å². The largest absolute Gasteiger partial charge is 0.506 e. The summed E-state index contributed by atoms with van der Waals surface area (Å²) in [7, 11) is 0. The van der Waals surface area contributed by atoms with Crippen LogP contribution in [-0.2, 0) is 0 Å². The minimum Gasteiger partial charge on any atom is -0.506 e. The van der Waals surface area contributed by atoms with Crippen LogP contribution < -0.4 is 5.32 Å². The molecule has 3 N–H and O–H groups in total. The van der Waals surface area contributed by atoms with Crippen LogP contribution in [0.25, 0.3) is 0 Å². The summed E-state index contributed by atoms with van der Waals surface area (Å²) >= 11 is 0. The van der Waals surface area contributed by atoms with E-state index in [4.69, 9.17) is 10.2 Å². The molecule has 0 bridgehead atoms. The van der Waals surface area contributed by atoms with Gasteiger partial charge in [-0.15, -0.1) is 0 Å². The Morgan fingerprint density at radius 2 is 2.09 bits per heavy atom. The fourth-order valence-corrected chi connectivity index (χ4v) is 0.843. The van der Waals surface area contributed by atoms with Crippen LogP contribution in [0.3, 0.4) is 0 Å². The zero-order valence-electron chi connectivity index (χ0n) is 6.33. The summed E-state index contributed by atoms with van der Waals surface area (Å²) in [5.41, 5.74) is 0.890. The highest BCUT2D eigenvalue weighted by Crippen LogP contribution is 2.10. The zero-order chi connectivity index (χ0) is 8.27. The molecule has 0 aromatic heterocycles. The van der Waals surface area contributed by atoms with Gasteiger partial charge in [0.15, 0.2) is 5.88 Å². The SMILES string of the molecule is CCC1=CC(O)=CNC(O)=C1. The quantitative estimate of drug-likeness (QED) is 0.537. The summed E-state index contributed by atoms with van der Waals surface area (Å²) in [4.78, 5) is 0. The number of rotatable bonds is 1. The molecule has 3 heteroatoms. The molecule has 1 rings (SSSR count). The first kappa shape index (κ1) is 7.72. The second kappa shape index (κ2) is 3.14. The molecular weight excluding hydrogens is 142 g/mol. The Kier molecular flexibility index (Phi) is 2.21. The van der Waals surface area contributed by atoms with Crippen LogP contribution in [0.5, 0.6) is 0 Å². The minimum absolute atomic E-state index is 0.0575. The first-order valence-electron chi connectivity index (χ1n) is 3.49. The fraction of sp³-hybridized carbons (Fsp3) is 0.250. The molecule has 11 heavy (non-hydrogen) atoms. The monoisotopic (exact) mass is 153 g/mol. The van der Waals surface area contributed by atoms with E-state index in [0.717, 1.165) is 12.0 Å². The van der Waals surface area contributed by atoms with E-state index < -0.39 is 0 Å². The number of nitrogens with one attached hydrogen (secondary N) is 1. The Bertz CT molecular complexity index is 238. The lowest BCUT2D eigenvalue weighted by atomic mass is 10.2. The minimum atomic E-state index is 0.0575. The van der Waals surface area contributed by atoms with E-state index >= 15 is 0 Å². The maximum absolute atomic E-state index is 9.09. The highest BCUT2D eigenvalue weighted by atomic mass is 16.3. The number of aliphatic hydroxyl groups is 2. The van der Waals surface area contributed by atoms with E-state index in [1.807, 2.05) is 6.92 Å². The zero-order valence-corrected chi connectivity index (χ0v) is 6.33. The summed E-state index contributed by atoms with van der Waals surface area (Å²) < 4.78 is 0. The lowest BCUT2D eigenvalue weighted by molar-refractivity contribution is 0.376. The van der Waals surface area contributed by atoms with E-state index in [1.165, 1.54) is 6.20 Å². The standard InChI is InChI=1S/C8H11NO2/c1-2-6-3-7(10)5-9-8(11)4-6/h3-5,9-11H,2H2,1H3. The third kappa shape index (κ3) is 2.04. The normalized spacial score (nSPS) is 17.4. The molecule has 1 heterocycles. The third-order valence-electron chi connectivity index (χ3n) is 1.43. The van der Waals surface area contributed by atoms with Crippen LogP contribution >= 0.6 is 0 Å². The van der Waals surface area contributed by atoms with Crippen LogP contribution in [0, 0.1) is 0 Å². The first-order valence-corrected chi connectivity index (χ1v) is 3.49. The fourth-order valence-electron chi connectivity index (χ4n) is 0.843. The molecule has 0 aromatic carbocycles. The predicted octanol–water partition coefficient (Wildman–Crippen LogP) is 1.72. The van der Waals surface area contributed by atoms with Crippen molar-refractivity contribution in [1.29, 1.82) is 0 Å². The van der Waals surface area contributed by atoms with E-state index in [2.05, 4.69) is 5.32 Å². The van der Waals surface area contributed by atoms with Crippen molar-refractivity contribution in [2.45, 2.75) is 13.3 Å². The summed E-state index contributed by atoms with van der Waals surface area (Å²) in [6.45, 7) is 1.95. The van der Waals surface area contributed by atoms with Crippen LogP contribution in [0.4, 0.5) is 0 Å². The average Bonchev–Trinajstić information content (AvgIpc) is 2.13. The molecule has 0 aliphatic carbocycles. The van der Waals surface area contributed by atoms with Crippen molar-refractivity contribution in [3.63, 3.8) is 0 Å². The van der Waals surface area contributed by atoms with Gasteiger partial charge in [0.2, 0.25) is 0 Å². The van der Waals surface area contributed by atoms with E-state index in [9.17, 15) is 0 Å². The first-order chi connectivity index (χ1) is 5.22. The van der Waals surface area contributed by atoms with E-state index in [1.54, 1.807) is 12.2 Å². The number of hydrogen-bond acceptors (Lipinski definition) is 3. The molecule has 0 fully saturated rings. The molecule has 1 aliphatic heterocycles. The summed E-state index contributed by atoms with van der Waals surface area (Å²) in [6, 6.07) is 0. The van der Waals surface area contributed by atoms with Crippen LogP contribution in [-0.4, -0.2) is 10.2 Å². The predicted molar refractivity (Wildman–Crippen MR) is 42.9 cm³/mol. The summed E-state index contributed by atoms with van der Waals surface area (Å²) in [6.07, 6.45) is 5.31. The molecule has 0 radical (unpaired) electrons. The van der Waals surface area contributed by atoms with Gasteiger partial charge in [-0.05, 0) is 18.1 Å². The molecule has 0 aromatic rings. The van der Waals surface area contributed by atoms with Gasteiger partial charge in [-0.25, -0.2) is 0 Å². The smallest absolute Gasteiger partial charge is 0.188 e.